The number of hydrogen-bond acceptors (Lipinski definition) is 4. The van der Waals surface area contributed by atoms with Crippen LogP contribution in [0.1, 0.15) is 16.7 Å². The molecule has 0 unspecified atom stereocenters. The maximum absolute atomic E-state index is 14.2. The Balaban J connectivity index is 1.58. The van der Waals surface area contributed by atoms with Crippen molar-refractivity contribution in [3.63, 3.8) is 0 Å². The van der Waals surface area contributed by atoms with Gasteiger partial charge < -0.3 is 4.74 Å². The average Bonchev–Trinajstić information content (AvgIpc) is 3.04. The van der Waals surface area contributed by atoms with Gasteiger partial charge in [-0.1, -0.05) is 63.4 Å². The van der Waals surface area contributed by atoms with Crippen LogP contribution in [0.5, 0.6) is 5.75 Å². The highest BCUT2D eigenvalue weighted by Crippen LogP contribution is 2.37. The number of nitrogens with zero attached hydrogens (tertiary/aromatic N) is 1. The lowest BCUT2D eigenvalue weighted by atomic mass is 10.1. The Morgan fingerprint density at radius 2 is 1.79 bits per heavy atom. The molecule has 0 aliphatic carbocycles. The molecule has 0 radical (unpaired) electrons. The van der Waals surface area contributed by atoms with Crippen molar-refractivity contribution < 1.29 is 18.7 Å². The van der Waals surface area contributed by atoms with Crippen LogP contribution in [0.25, 0.3) is 6.08 Å². The fourth-order valence-electron chi connectivity index (χ4n) is 3.15. The SMILES string of the molecule is O=C1SC(=Cc2cc(Br)ccc2OCc2ccccc2Cl)C(=O)N1Cc1c(F)cccc1Cl. The summed E-state index contributed by atoms with van der Waals surface area (Å²) in [6, 6.07) is 16.9. The summed E-state index contributed by atoms with van der Waals surface area (Å²) >= 11 is 16.5. The van der Waals surface area contributed by atoms with Crippen molar-refractivity contribution in [3.8, 4) is 5.75 Å². The minimum atomic E-state index is -0.576. The third kappa shape index (κ3) is 5.44. The Labute approximate surface area is 212 Å². The van der Waals surface area contributed by atoms with Crippen LogP contribution in [0.15, 0.2) is 70.0 Å². The van der Waals surface area contributed by atoms with Crippen LogP contribution < -0.4 is 4.74 Å². The van der Waals surface area contributed by atoms with Crippen LogP contribution in [0, 0.1) is 5.82 Å². The number of carbonyl (C=O) groups is 2. The molecule has 1 aliphatic heterocycles. The average molecular weight is 567 g/mol. The predicted octanol–water partition coefficient (Wildman–Crippen LogP) is 7.71. The van der Waals surface area contributed by atoms with Crippen molar-refractivity contribution >= 4 is 68.1 Å². The van der Waals surface area contributed by atoms with Crippen LogP contribution in [-0.2, 0) is 17.9 Å². The van der Waals surface area contributed by atoms with Crippen LogP contribution in [0.3, 0.4) is 0 Å². The predicted molar refractivity (Wildman–Crippen MR) is 133 cm³/mol. The summed E-state index contributed by atoms with van der Waals surface area (Å²) in [7, 11) is 0. The highest BCUT2D eigenvalue weighted by Gasteiger charge is 2.36. The summed E-state index contributed by atoms with van der Waals surface area (Å²) in [4.78, 5) is 26.6. The zero-order valence-corrected chi connectivity index (χ0v) is 20.8. The van der Waals surface area contributed by atoms with E-state index in [1.807, 2.05) is 24.3 Å². The molecule has 3 aromatic rings. The third-order valence-corrected chi connectivity index (χ3v) is 6.97. The standard InChI is InChI=1S/C24H15BrCl2FNO3S/c25-16-8-9-21(32-13-14-4-1-2-5-18(14)26)15(10-16)11-22-23(30)29(24(31)33-22)12-17-19(27)6-3-7-20(17)28/h1-11H,12-13H2. The molecular weight excluding hydrogens is 552 g/mol. The van der Waals surface area contributed by atoms with Gasteiger partial charge >= 0.3 is 0 Å². The number of amides is 2. The van der Waals surface area contributed by atoms with Gasteiger partial charge in [0, 0.05) is 31.2 Å². The Bertz CT molecular complexity index is 1260. The molecular formula is C24H15BrCl2FNO3S. The second kappa shape index (κ2) is 10.3. The van der Waals surface area contributed by atoms with Crippen molar-refractivity contribution in [2.24, 2.45) is 0 Å². The molecule has 0 atom stereocenters. The first-order valence-electron chi connectivity index (χ1n) is 9.67. The van der Waals surface area contributed by atoms with E-state index in [2.05, 4.69) is 15.9 Å². The summed E-state index contributed by atoms with van der Waals surface area (Å²) < 4.78 is 20.9. The second-order valence-electron chi connectivity index (χ2n) is 7.03. The molecule has 9 heteroatoms. The fourth-order valence-corrected chi connectivity index (χ4v) is 4.77. The monoisotopic (exact) mass is 565 g/mol. The van der Waals surface area contributed by atoms with Crippen molar-refractivity contribution in [3.05, 3.63) is 103 Å². The molecule has 0 saturated carbocycles. The molecule has 4 nitrogen and oxygen atoms in total. The quantitative estimate of drug-likeness (QED) is 0.287. The van der Waals surface area contributed by atoms with Crippen LogP contribution in [0.2, 0.25) is 10.0 Å². The molecule has 2 amide bonds. The van der Waals surface area contributed by atoms with Gasteiger partial charge in [0.25, 0.3) is 11.1 Å². The molecule has 4 rings (SSSR count). The first-order valence-corrected chi connectivity index (χ1v) is 12.0. The Hall–Kier alpha value is -2.32. The minimum absolute atomic E-state index is 0.0916. The van der Waals surface area contributed by atoms with Crippen molar-refractivity contribution in [2.45, 2.75) is 13.2 Å². The molecule has 33 heavy (non-hydrogen) atoms. The summed E-state index contributed by atoms with van der Waals surface area (Å²) in [5.41, 5.74) is 1.51. The lowest BCUT2D eigenvalue weighted by molar-refractivity contribution is -0.123. The number of hydrogen-bond donors (Lipinski definition) is 0. The molecule has 168 valence electrons. The van der Waals surface area contributed by atoms with Gasteiger partial charge in [0.05, 0.1) is 11.4 Å². The zero-order valence-electron chi connectivity index (χ0n) is 16.9. The fraction of sp³-hybridized carbons (Fsp3) is 0.0833. The molecule has 1 heterocycles. The molecule has 1 aliphatic rings. The first kappa shape index (κ1) is 23.8. The largest absolute Gasteiger partial charge is 0.488 e. The smallest absolute Gasteiger partial charge is 0.293 e. The normalized spacial score (nSPS) is 14.9. The van der Waals surface area contributed by atoms with Gasteiger partial charge in [-0.25, -0.2) is 4.39 Å². The summed E-state index contributed by atoms with van der Waals surface area (Å²) in [5.74, 6) is -0.587. The summed E-state index contributed by atoms with van der Waals surface area (Å²) in [6.07, 6.45) is 1.58. The highest BCUT2D eigenvalue weighted by molar-refractivity contribution is 9.10. The number of carbonyl (C=O) groups excluding carboxylic acids is 2. The van der Waals surface area contributed by atoms with E-state index in [4.69, 9.17) is 27.9 Å². The van der Waals surface area contributed by atoms with E-state index in [0.717, 1.165) is 26.7 Å². The topological polar surface area (TPSA) is 46.6 Å². The van der Waals surface area contributed by atoms with Gasteiger partial charge in [0.15, 0.2) is 0 Å². The highest BCUT2D eigenvalue weighted by atomic mass is 79.9. The first-order chi connectivity index (χ1) is 15.8. The van der Waals surface area contributed by atoms with Crippen LogP contribution in [0.4, 0.5) is 9.18 Å². The van der Waals surface area contributed by atoms with E-state index in [-0.39, 0.29) is 28.6 Å². The lowest BCUT2D eigenvalue weighted by Gasteiger charge is -2.14. The van der Waals surface area contributed by atoms with Gasteiger partial charge in [-0.05, 0) is 54.2 Å². The lowest BCUT2D eigenvalue weighted by Crippen LogP contribution is -2.28. The van der Waals surface area contributed by atoms with Crippen molar-refractivity contribution in [1.29, 1.82) is 0 Å². The molecule has 3 aromatic carbocycles. The molecule has 0 spiro atoms. The van der Waals surface area contributed by atoms with E-state index >= 15 is 0 Å². The maximum atomic E-state index is 14.2. The van der Waals surface area contributed by atoms with Gasteiger partial charge in [0.1, 0.15) is 18.2 Å². The Morgan fingerprint density at radius 3 is 2.55 bits per heavy atom. The van der Waals surface area contributed by atoms with Crippen LogP contribution >= 0.6 is 50.9 Å². The van der Waals surface area contributed by atoms with E-state index < -0.39 is 17.0 Å². The number of ether oxygens (including phenoxy) is 1. The summed E-state index contributed by atoms with van der Waals surface area (Å²) in [5, 5.41) is 0.239. The molecule has 1 saturated heterocycles. The Kier molecular flexibility index (Phi) is 7.44. The van der Waals surface area contributed by atoms with E-state index in [1.165, 1.54) is 18.2 Å². The van der Waals surface area contributed by atoms with Gasteiger partial charge in [-0.15, -0.1) is 0 Å². The molecule has 1 fully saturated rings. The van der Waals surface area contributed by atoms with Gasteiger partial charge in [-0.3, -0.25) is 14.5 Å². The number of benzene rings is 3. The summed E-state index contributed by atoms with van der Waals surface area (Å²) in [6.45, 7) is -0.0166. The van der Waals surface area contributed by atoms with Gasteiger partial charge in [-0.2, -0.15) is 0 Å². The van der Waals surface area contributed by atoms with Crippen LogP contribution in [-0.4, -0.2) is 16.0 Å². The Morgan fingerprint density at radius 1 is 1.03 bits per heavy atom. The number of halogens is 4. The number of imide groups is 1. The molecule has 0 N–H and O–H groups in total. The van der Waals surface area contributed by atoms with E-state index in [9.17, 15) is 14.0 Å². The van der Waals surface area contributed by atoms with Gasteiger partial charge in [0.2, 0.25) is 0 Å². The molecule has 0 bridgehead atoms. The van der Waals surface area contributed by atoms with E-state index in [0.29, 0.717) is 16.3 Å². The number of thioether (sulfide) groups is 1. The number of rotatable bonds is 6. The maximum Gasteiger partial charge on any atom is 0.293 e. The van der Waals surface area contributed by atoms with E-state index in [1.54, 1.807) is 24.3 Å². The van der Waals surface area contributed by atoms with Crippen molar-refractivity contribution in [1.82, 2.24) is 4.90 Å². The second-order valence-corrected chi connectivity index (χ2v) is 9.75. The van der Waals surface area contributed by atoms with Crippen molar-refractivity contribution in [2.75, 3.05) is 0 Å². The molecule has 0 aromatic heterocycles. The zero-order chi connectivity index (χ0) is 23.5. The third-order valence-electron chi connectivity index (χ3n) is 4.85. The minimum Gasteiger partial charge on any atom is -0.488 e.